The summed E-state index contributed by atoms with van der Waals surface area (Å²) in [7, 11) is 1.63. The Labute approximate surface area is 157 Å². The number of nitrogens with zero attached hydrogens (tertiary/aromatic N) is 1. The molecule has 0 aromatic carbocycles. The number of amides is 2. The van der Waals surface area contributed by atoms with Crippen molar-refractivity contribution < 1.29 is 14.3 Å². The van der Waals surface area contributed by atoms with Gasteiger partial charge in [0.2, 0.25) is 5.91 Å². The first-order valence-corrected chi connectivity index (χ1v) is 9.38. The molecular weight excluding hydrogens is 342 g/mol. The summed E-state index contributed by atoms with van der Waals surface area (Å²) in [5.74, 6) is 0.0495. The van der Waals surface area contributed by atoms with E-state index in [1.54, 1.807) is 7.11 Å². The second kappa shape index (κ2) is 10.3. The fourth-order valence-electron chi connectivity index (χ4n) is 3.87. The van der Waals surface area contributed by atoms with Gasteiger partial charge < -0.3 is 20.3 Å². The van der Waals surface area contributed by atoms with Crippen molar-refractivity contribution in [1.82, 2.24) is 15.5 Å². The van der Waals surface area contributed by atoms with E-state index in [9.17, 15) is 9.59 Å². The van der Waals surface area contributed by atoms with Gasteiger partial charge in [-0.05, 0) is 52.1 Å². The number of rotatable bonds is 6. The molecule has 2 aliphatic heterocycles. The third-order valence-electron chi connectivity index (χ3n) is 5.38. The van der Waals surface area contributed by atoms with Gasteiger partial charge in [-0.1, -0.05) is 13.3 Å². The van der Waals surface area contributed by atoms with Gasteiger partial charge in [0.1, 0.15) is 5.60 Å². The van der Waals surface area contributed by atoms with Crippen molar-refractivity contribution in [2.24, 2.45) is 5.92 Å². The molecule has 0 bridgehead atoms. The Hall–Kier alpha value is -0.850. The van der Waals surface area contributed by atoms with Crippen molar-refractivity contribution >= 4 is 24.2 Å². The summed E-state index contributed by atoms with van der Waals surface area (Å²) in [6, 6.07) is 0.198. The highest BCUT2D eigenvalue weighted by atomic mass is 35.5. The van der Waals surface area contributed by atoms with Crippen LogP contribution >= 0.6 is 12.4 Å². The lowest BCUT2D eigenvalue weighted by Gasteiger charge is -2.41. The van der Waals surface area contributed by atoms with Crippen molar-refractivity contribution in [3.8, 4) is 0 Å². The monoisotopic (exact) mass is 375 g/mol. The van der Waals surface area contributed by atoms with Crippen LogP contribution in [0.3, 0.4) is 0 Å². The number of likely N-dealkylation sites (tertiary alicyclic amines) is 1. The van der Waals surface area contributed by atoms with Crippen LogP contribution in [0.15, 0.2) is 0 Å². The molecule has 7 heteroatoms. The first kappa shape index (κ1) is 22.2. The maximum Gasteiger partial charge on any atom is 0.254 e. The average molecular weight is 376 g/mol. The average Bonchev–Trinajstić information content (AvgIpc) is 2.62. The minimum atomic E-state index is -0.709. The van der Waals surface area contributed by atoms with E-state index in [0.29, 0.717) is 19.4 Å². The number of piperidine rings is 2. The van der Waals surface area contributed by atoms with E-state index in [1.807, 2.05) is 11.8 Å². The predicted molar refractivity (Wildman–Crippen MR) is 101 cm³/mol. The Morgan fingerprint density at radius 1 is 1.36 bits per heavy atom. The number of nitrogens with one attached hydrogen (secondary N) is 2. The molecule has 2 aliphatic rings. The molecule has 2 heterocycles. The number of ether oxygens (including phenoxy) is 1. The van der Waals surface area contributed by atoms with E-state index < -0.39 is 5.60 Å². The Morgan fingerprint density at radius 3 is 2.64 bits per heavy atom. The van der Waals surface area contributed by atoms with E-state index >= 15 is 0 Å². The van der Waals surface area contributed by atoms with E-state index in [-0.39, 0.29) is 36.2 Å². The number of methoxy groups -OCH3 is 1. The van der Waals surface area contributed by atoms with Crippen LogP contribution in [-0.4, -0.2) is 61.6 Å². The van der Waals surface area contributed by atoms with Crippen LogP contribution in [0.25, 0.3) is 0 Å². The molecule has 146 valence electrons. The molecule has 2 saturated heterocycles. The van der Waals surface area contributed by atoms with Crippen LogP contribution in [0.4, 0.5) is 0 Å². The third-order valence-corrected chi connectivity index (χ3v) is 5.38. The van der Waals surface area contributed by atoms with Gasteiger partial charge in [-0.25, -0.2) is 0 Å². The molecule has 0 aliphatic carbocycles. The zero-order chi connectivity index (χ0) is 17.6. The lowest BCUT2D eigenvalue weighted by molar-refractivity contribution is -0.160. The lowest BCUT2D eigenvalue weighted by atomic mass is 9.88. The maximum absolute atomic E-state index is 13.0. The number of carbonyl (C=O) groups excluding carboxylic acids is 2. The second-order valence-corrected chi connectivity index (χ2v) is 7.24. The van der Waals surface area contributed by atoms with E-state index in [4.69, 9.17) is 4.74 Å². The van der Waals surface area contributed by atoms with E-state index in [1.165, 1.54) is 0 Å². The molecule has 2 amide bonds. The van der Waals surface area contributed by atoms with Crippen LogP contribution in [0.1, 0.15) is 52.4 Å². The second-order valence-electron chi connectivity index (χ2n) is 7.24. The van der Waals surface area contributed by atoms with Gasteiger partial charge in [0.15, 0.2) is 0 Å². The smallest absolute Gasteiger partial charge is 0.254 e. The highest BCUT2D eigenvalue weighted by Gasteiger charge is 2.43. The first-order chi connectivity index (χ1) is 11.5. The number of hydrogen-bond donors (Lipinski definition) is 2. The Bertz CT molecular complexity index is 441. The molecule has 0 radical (unpaired) electrons. The molecule has 0 aromatic heterocycles. The lowest BCUT2D eigenvalue weighted by Crippen LogP contribution is -2.58. The topological polar surface area (TPSA) is 70.7 Å². The summed E-state index contributed by atoms with van der Waals surface area (Å²) in [6.07, 6.45) is 5.18. The van der Waals surface area contributed by atoms with Crippen molar-refractivity contribution in [3.63, 3.8) is 0 Å². The highest BCUT2D eigenvalue weighted by molar-refractivity contribution is 5.87. The van der Waals surface area contributed by atoms with E-state index in [2.05, 4.69) is 17.6 Å². The van der Waals surface area contributed by atoms with Gasteiger partial charge in [-0.2, -0.15) is 0 Å². The van der Waals surface area contributed by atoms with Gasteiger partial charge in [0.05, 0.1) is 5.92 Å². The Kier molecular flexibility index (Phi) is 9.17. The largest absolute Gasteiger partial charge is 0.368 e. The molecule has 2 unspecified atom stereocenters. The molecule has 0 saturated carbocycles. The Morgan fingerprint density at radius 2 is 2.04 bits per heavy atom. The van der Waals surface area contributed by atoms with Crippen molar-refractivity contribution in [2.75, 3.05) is 33.3 Å². The number of hydrogen-bond acceptors (Lipinski definition) is 4. The zero-order valence-electron chi connectivity index (χ0n) is 15.8. The van der Waals surface area contributed by atoms with Crippen LogP contribution in [0.2, 0.25) is 0 Å². The molecule has 2 rings (SSSR count). The van der Waals surface area contributed by atoms with Gasteiger partial charge in [0.25, 0.3) is 5.91 Å². The fraction of sp³-hybridized carbons (Fsp3) is 0.889. The minimum Gasteiger partial charge on any atom is -0.368 e. The summed E-state index contributed by atoms with van der Waals surface area (Å²) in [4.78, 5) is 27.4. The summed E-state index contributed by atoms with van der Waals surface area (Å²) < 4.78 is 5.65. The standard InChI is InChI=1S/C18H33N3O3.ClH/c1-4-6-14(2)20-16(22)15-7-5-12-21(13-15)17(23)18(24-3)8-10-19-11-9-18;/h14-15,19H,4-13H2,1-3H3,(H,20,22);1H. The predicted octanol–water partition coefficient (Wildman–Crippen LogP) is 1.72. The third kappa shape index (κ3) is 5.56. The summed E-state index contributed by atoms with van der Waals surface area (Å²) in [5.41, 5.74) is -0.709. The molecule has 2 atom stereocenters. The van der Waals surface area contributed by atoms with Crippen LogP contribution in [0, 0.1) is 5.92 Å². The van der Waals surface area contributed by atoms with Gasteiger partial charge in [-0.3, -0.25) is 9.59 Å². The molecule has 2 fully saturated rings. The maximum atomic E-state index is 13.0. The first-order valence-electron chi connectivity index (χ1n) is 9.38. The highest BCUT2D eigenvalue weighted by Crippen LogP contribution is 2.28. The van der Waals surface area contributed by atoms with Gasteiger partial charge >= 0.3 is 0 Å². The number of halogens is 1. The molecule has 6 nitrogen and oxygen atoms in total. The van der Waals surface area contributed by atoms with Gasteiger partial charge in [0, 0.05) is 26.2 Å². The zero-order valence-corrected chi connectivity index (χ0v) is 16.6. The van der Waals surface area contributed by atoms with E-state index in [0.717, 1.165) is 45.3 Å². The summed E-state index contributed by atoms with van der Waals surface area (Å²) >= 11 is 0. The van der Waals surface area contributed by atoms with Crippen molar-refractivity contribution in [1.29, 1.82) is 0 Å². The molecule has 25 heavy (non-hydrogen) atoms. The van der Waals surface area contributed by atoms with Crippen molar-refractivity contribution in [2.45, 2.75) is 64.0 Å². The molecule has 2 N–H and O–H groups in total. The van der Waals surface area contributed by atoms with Crippen LogP contribution in [-0.2, 0) is 14.3 Å². The molecule has 0 spiro atoms. The van der Waals surface area contributed by atoms with Gasteiger partial charge in [-0.15, -0.1) is 12.4 Å². The summed E-state index contributed by atoms with van der Waals surface area (Å²) in [5, 5.41) is 6.37. The quantitative estimate of drug-likeness (QED) is 0.741. The van der Waals surface area contributed by atoms with Crippen LogP contribution in [0.5, 0.6) is 0 Å². The minimum absolute atomic E-state index is 0. The summed E-state index contributed by atoms with van der Waals surface area (Å²) in [6.45, 7) is 7.00. The normalized spacial score (nSPS) is 24.1. The SMILES string of the molecule is CCCC(C)NC(=O)C1CCCN(C(=O)C2(OC)CCNCC2)C1.Cl. The molecule has 0 aromatic rings. The number of carbonyl (C=O) groups is 2. The van der Waals surface area contributed by atoms with Crippen molar-refractivity contribution in [3.05, 3.63) is 0 Å². The van der Waals surface area contributed by atoms with Crippen LogP contribution < -0.4 is 10.6 Å². The fourth-order valence-corrected chi connectivity index (χ4v) is 3.87. The molecular formula is C18H34ClN3O3. The Balaban J connectivity index is 0.00000312.